The standard InChI is InChI=1S/C10H12F3N5O/c1-6(5-19-2)14-7-3-4-8-15-16-9(10(11,12)13)18(8)17-7/h3-4,6H,5H2,1-2H3,(H,14,17)/t6-/m1/s1. The van der Waals surface area contributed by atoms with Crippen molar-refractivity contribution in [1.29, 1.82) is 0 Å². The Bertz CT molecular complexity index is 568. The summed E-state index contributed by atoms with van der Waals surface area (Å²) in [7, 11) is 1.54. The average molecular weight is 275 g/mol. The number of hydrogen-bond donors (Lipinski definition) is 1. The number of fused-ring (bicyclic) bond motifs is 1. The molecule has 0 spiro atoms. The van der Waals surface area contributed by atoms with Crippen molar-refractivity contribution in [3.63, 3.8) is 0 Å². The lowest BCUT2D eigenvalue weighted by atomic mass is 10.3. The van der Waals surface area contributed by atoms with Gasteiger partial charge in [-0.2, -0.15) is 17.7 Å². The summed E-state index contributed by atoms with van der Waals surface area (Å²) in [6.45, 7) is 2.24. The number of aromatic nitrogens is 4. The Labute approximate surface area is 106 Å². The number of halogens is 3. The first-order valence-electron chi connectivity index (χ1n) is 5.47. The summed E-state index contributed by atoms with van der Waals surface area (Å²) < 4.78 is 43.6. The Morgan fingerprint density at radius 2 is 2.11 bits per heavy atom. The van der Waals surface area contributed by atoms with Crippen LogP contribution >= 0.6 is 0 Å². The largest absolute Gasteiger partial charge is 0.453 e. The van der Waals surface area contributed by atoms with Gasteiger partial charge in [-0.15, -0.1) is 15.3 Å². The van der Waals surface area contributed by atoms with E-state index in [0.717, 1.165) is 0 Å². The molecule has 0 fully saturated rings. The van der Waals surface area contributed by atoms with Crippen molar-refractivity contribution in [3.8, 4) is 0 Å². The van der Waals surface area contributed by atoms with Gasteiger partial charge in [0, 0.05) is 13.2 Å². The van der Waals surface area contributed by atoms with Crippen molar-refractivity contribution in [2.24, 2.45) is 0 Å². The second-order valence-corrected chi connectivity index (χ2v) is 4.01. The first-order valence-corrected chi connectivity index (χ1v) is 5.47. The summed E-state index contributed by atoms with van der Waals surface area (Å²) in [4.78, 5) is 0. The van der Waals surface area contributed by atoms with Crippen LogP contribution in [-0.2, 0) is 10.9 Å². The third-order valence-electron chi connectivity index (χ3n) is 2.33. The molecule has 0 saturated carbocycles. The summed E-state index contributed by atoms with van der Waals surface area (Å²) in [6, 6.07) is 2.87. The third kappa shape index (κ3) is 2.92. The highest BCUT2D eigenvalue weighted by Gasteiger charge is 2.37. The van der Waals surface area contributed by atoms with Crippen LogP contribution in [0.1, 0.15) is 12.7 Å². The zero-order valence-corrected chi connectivity index (χ0v) is 10.3. The molecule has 2 aromatic heterocycles. The van der Waals surface area contributed by atoms with Crippen molar-refractivity contribution in [3.05, 3.63) is 18.0 Å². The van der Waals surface area contributed by atoms with E-state index in [2.05, 4.69) is 20.6 Å². The van der Waals surface area contributed by atoms with E-state index in [1.165, 1.54) is 19.2 Å². The monoisotopic (exact) mass is 275 g/mol. The SMILES string of the molecule is COC[C@@H](C)Nc1ccc2nnc(C(F)(F)F)n2n1. The van der Waals surface area contributed by atoms with Gasteiger partial charge in [0.25, 0.3) is 5.82 Å². The molecule has 1 atom stereocenters. The lowest BCUT2D eigenvalue weighted by Gasteiger charge is -2.13. The fourth-order valence-corrected chi connectivity index (χ4v) is 1.59. The molecule has 0 radical (unpaired) electrons. The van der Waals surface area contributed by atoms with Crippen LogP contribution in [0, 0.1) is 0 Å². The van der Waals surface area contributed by atoms with E-state index in [1.54, 1.807) is 0 Å². The molecule has 0 unspecified atom stereocenters. The zero-order valence-electron chi connectivity index (χ0n) is 10.3. The minimum absolute atomic E-state index is 0.0391. The summed E-state index contributed by atoms with van der Waals surface area (Å²) in [5.41, 5.74) is 0.0391. The fourth-order valence-electron chi connectivity index (χ4n) is 1.59. The first-order chi connectivity index (χ1) is 8.91. The maximum atomic E-state index is 12.7. The smallest absolute Gasteiger partial charge is 0.383 e. The van der Waals surface area contributed by atoms with E-state index in [9.17, 15) is 13.2 Å². The third-order valence-corrected chi connectivity index (χ3v) is 2.33. The summed E-state index contributed by atoms with van der Waals surface area (Å²) >= 11 is 0. The molecular formula is C10H12F3N5O. The van der Waals surface area contributed by atoms with Gasteiger partial charge in [-0.05, 0) is 19.1 Å². The number of anilines is 1. The van der Waals surface area contributed by atoms with Crippen molar-refractivity contribution < 1.29 is 17.9 Å². The molecule has 0 aliphatic heterocycles. The van der Waals surface area contributed by atoms with Crippen molar-refractivity contribution >= 4 is 11.5 Å². The van der Waals surface area contributed by atoms with Gasteiger partial charge in [0.05, 0.1) is 6.61 Å². The zero-order chi connectivity index (χ0) is 14.0. The molecule has 2 aromatic rings. The Hall–Kier alpha value is -1.90. The van der Waals surface area contributed by atoms with Crippen LogP contribution in [0.2, 0.25) is 0 Å². The van der Waals surface area contributed by atoms with Crippen molar-refractivity contribution in [2.45, 2.75) is 19.1 Å². The molecule has 0 saturated heterocycles. The Balaban J connectivity index is 2.33. The van der Waals surface area contributed by atoms with Crippen molar-refractivity contribution in [1.82, 2.24) is 19.8 Å². The second-order valence-electron chi connectivity index (χ2n) is 4.01. The summed E-state index contributed by atoms with van der Waals surface area (Å²) in [5.74, 6) is -0.854. The van der Waals surface area contributed by atoms with E-state index >= 15 is 0 Å². The normalized spacial score (nSPS) is 13.7. The molecule has 19 heavy (non-hydrogen) atoms. The van der Waals surface area contributed by atoms with Gasteiger partial charge in [0.2, 0.25) is 0 Å². The number of rotatable bonds is 4. The second kappa shape index (κ2) is 5.00. The molecule has 0 aliphatic carbocycles. The van der Waals surface area contributed by atoms with Crippen LogP contribution in [0.5, 0.6) is 0 Å². The van der Waals surface area contributed by atoms with E-state index < -0.39 is 12.0 Å². The van der Waals surface area contributed by atoms with E-state index in [-0.39, 0.29) is 11.7 Å². The number of nitrogens with one attached hydrogen (secondary N) is 1. The van der Waals surface area contributed by atoms with Gasteiger partial charge in [-0.1, -0.05) is 0 Å². The molecule has 0 aromatic carbocycles. The van der Waals surface area contributed by atoms with Crippen LogP contribution in [0.25, 0.3) is 5.65 Å². The quantitative estimate of drug-likeness (QED) is 0.918. The molecular weight excluding hydrogens is 263 g/mol. The van der Waals surface area contributed by atoms with Gasteiger partial charge >= 0.3 is 6.18 Å². The molecule has 9 heteroatoms. The maximum absolute atomic E-state index is 12.7. The van der Waals surface area contributed by atoms with Crippen molar-refractivity contribution in [2.75, 3.05) is 19.0 Å². The highest BCUT2D eigenvalue weighted by Crippen LogP contribution is 2.27. The Morgan fingerprint density at radius 3 is 2.74 bits per heavy atom. The molecule has 2 heterocycles. The van der Waals surface area contributed by atoms with Crippen LogP contribution < -0.4 is 5.32 Å². The first kappa shape index (κ1) is 13.5. The highest BCUT2D eigenvalue weighted by atomic mass is 19.4. The molecule has 6 nitrogen and oxygen atoms in total. The predicted molar refractivity (Wildman–Crippen MR) is 60.7 cm³/mol. The number of alkyl halides is 3. The van der Waals surface area contributed by atoms with Crippen LogP contribution in [0.3, 0.4) is 0 Å². The number of hydrogen-bond acceptors (Lipinski definition) is 5. The molecule has 0 bridgehead atoms. The average Bonchev–Trinajstić information content (AvgIpc) is 2.71. The lowest BCUT2D eigenvalue weighted by molar-refractivity contribution is -0.146. The van der Waals surface area contributed by atoms with E-state index in [1.807, 2.05) is 6.92 Å². The van der Waals surface area contributed by atoms with E-state index in [4.69, 9.17) is 4.74 Å². The molecule has 1 N–H and O–H groups in total. The fraction of sp³-hybridized carbons (Fsp3) is 0.500. The molecule has 104 valence electrons. The van der Waals surface area contributed by atoms with E-state index in [0.29, 0.717) is 16.9 Å². The summed E-state index contributed by atoms with van der Waals surface area (Å²) in [5, 5.41) is 13.3. The van der Waals surface area contributed by atoms with Crippen LogP contribution in [0.15, 0.2) is 12.1 Å². The Morgan fingerprint density at radius 1 is 1.37 bits per heavy atom. The lowest BCUT2D eigenvalue weighted by Crippen LogP contribution is -2.22. The Kier molecular flexibility index (Phi) is 3.56. The van der Waals surface area contributed by atoms with Crippen LogP contribution in [-0.4, -0.2) is 39.6 Å². The summed E-state index contributed by atoms with van der Waals surface area (Å²) in [6.07, 6.45) is -4.59. The molecule has 2 rings (SSSR count). The highest BCUT2D eigenvalue weighted by molar-refractivity contribution is 5.44. The van der Waals surface area contributed by atoms with Gasteiger partial charge in [-0.3, -0.25) is 0 Å². The predicted octanol–water partition coefficient (Wildman–Crippen LogP) is 1.59. The maximum Gasteiger partial charge on any atom is 0.453 e. The van der Waals surface area contributed by atoms with Gasteiger partial charge in [0.15, 0.2) is 5.65 Å². The minimum Gasteiger partial charge on any atom is -0.383 e. The van der Waals surface area contributed by atoms with Gasteiger partial charge < -0.3 is 10.1 Å². The number of nitrogens with zero attached hydrogens (tertiary/aromatic N) is 4. The number of methoxy groups -OCH3 is 1. The van der Waals surface area contributed by atoms with Gasteiger partial charge in [-0.25, -0.2) is 0 Å². The molecule has 0 aliphatic rings. The molecule has 0 amide bonds. The number of ether oxygens (including phenoxy) is 1. The van der Waals surface area contributed by atoms with Gasteiger partial charge in [0.1, 0.15) is 5.82 Å². The topological polar surface area (TPSA) is 64.3 Å². The van der Waals surface area contributed by atoms with Crippen LogP contribution in [0.4, 0.5) is 19.0 Å². The minimum atomic E-state index is -4.59.